The summed E-state index contributed by atoms with van der Waals surface area (Å²) in [6, 6.07) is 51.4. The van der Waals surface area contributed by atoms with Gasteiger partial charge in [-0.15, -0.1) is 0 Å². The van der Waals surface area contributed by atoms with Gasteiger partial charge in [-0.1, -0.05) is 97.1 Å². The number of methoxy groups -OCH3 is 1. The van der Waals surface area contributed by atoms with Crippen molar-refractivity contribution in [1.29, 1.82) is 0 Å². The molecule has 10 heterocycles. The van der Waals surface area contributed by atoms with Crippen molar-refractivity contribution in [3.8, 4) is 73.8 Å². The fourth-order valence-electron chi connectivity index (χ4n) is 18.2. The van der Waals surface area contributed by atoms with Gasteiger partial charge in [-0.05, 0) is 200 Å². The highest BCUT2D eigenvalue weighted by atomic mass is 19.1. The topological polar surface area (TPSA) is 287 Å². The first-order valence-corrected chi connectivity index (χ1v) is 43.8. The summed E-state index contributed by atoms with van der Waals surface area (Å²) in [5, 5.41) is 2.49. The minimum absolute atomic E-state index is 0.00961. The Morgan fingerprint density at radius 3 is 1.16 bits per heavy atom. The lowest BCUT2D eigenvalue weighted by molar-refractivity contribution is -0.125. The molecule has 644 valence electrons. The van der Waals surface area contributed by atoms with Gasteiger partial charge in [0.15, 0.2) is 0 Å². The number of fused-ring (bicyclic) bond motifs is 3. The van der Waals surface area contributed by atoms with E-state index in [1.54, 1.807) is 50.1 Å². The molecule has 12 aromatic rings. The van der Waals surface area contributed by atoms with Crippen molar-refractivity contribution in [3.05, 3.63) is 230 Å². The highest BCUT2D eigenvalue weighted by molar-refractivity contribution is 6.06. The summed E-state index contributed by atoms with van der Waals surface area (Å²) in [4.78, 5) is 79.1. The van der Waals surface area contributed by atoms with E-state index >= 15 is 0 Å². The molecule has 4 aliphatic heterocycles. The van der Waals surface area contributed by atoms with Crippen LogP contribution in [0.25, 0.3) is 66.5 Å². The smallest absolute Gasteiger partial charge is 0.246 e. The van der Waals surface area contributed by atoms with E-state index in [-0.39, 0.29) is 41.7 Å². The normalized spacial score (nSPS) is 19.0. The molecule has 3 amide bonds. The van der Waals surface area contributed by atoms with Gasteiger partial charge in [0.2, 0.25) is 23.6 Å². The molecule has 6 aromatic carbocycles. The van der Waals surface area contributed by atoms with Crippen molar-refractivity contribution in [2.45, 2.75) is 125 Å². The van der Waals surface area contributed by atoms with E-state index in [4.69, 9.17) is 50.9 Å². The zero-order valence-corrected chi connectivity index (χ0v) is 71.2. The lowest BCUT2D eigenvalue weighted by Gasteiger charge is -2.21. The molecular formula is C98H107FN18O8. The summed E-state index contributed by atoms with van der Waals surface area (Å²) >= 11 is 0. The number of nitrogens with zero attached hydrogens (tertiary/aromatic N) is 15. The Morgan fingerprint density at radius 1 is 0.424 bits per heavy atom. The second-order valence-corrected chi connectivity index (χ2v) is 34.1. The number of ether oxygens (including phenoxy) is 5. The van der Waals surface area contributed by atoms with Crippen LogP contribution >= 0.6 is 0 Å². The molecule has 0 bridgehead atoms. The van der Waals surface area contributed by atoms with Gasteiger partial charge < -0.3 is 64.7 Å². The molecule has 4 atom stereocenters. The number of likely N-dealkylation sites (N-methyl/N-ethyl adjacent to an activating group) is 3. The van der Waals surface area contributed by atoms with Crippen LogP contribution in [0, 0.1) is 5.82 Å². The number of benzene rings is 6. The number of carbonyl (C=O) groups excluding carboxylic acids is 3. The molecule has 8 fully saturated rings. The van der Waals surface area contributed by atoms with Crippen LogP contribution in [-0.2, 0) is 19.1 Å². The molecule has 0 radical (unpaired) electrons. The molecule has 4 saturated heterocycles. The maximum Gasteiger partial charge on any atom is 0.246 e. The second-order valence-electron chi connectivity index (χ2n) is 34.1. The van der Waals surface area contributed by atoms with Gasteiger partial charge in [0.05, 0.1) is 53.6 Å². The monoisotopic (exact) mass is 1680 g/mol. The van der Waals surface area contributed by atoms with Crippen LogP contribution in [0.1, 0.15) is 118 Å². The first-order chi connectivity index (χ1) is 61.1. The van der Waals surface area contributed by atoms with Crippen molar-refractivity contribution < 1.29 is 42.5 Å². The molecule has 8 aliphatic rings. The molecule has 125 heavy (non-hydrogen) atoms. The molecule has 20 rings (SSSR count). The van der Waals surface area contributed by atoms with Crippen LogP contribution < -0.4 is 36.1 Å². The van der Waals surface area contributed by atoms with Gasteiger partial charge in [0, 0.05) is 130 Å². The average Bonchev–Trinajstić information content (AvgIpc) is 1.58. The largest absolute Gasteiger partial charge is 0.482 e. The lowest BCUT2D eigenvalue weighted by atomic mass is 10.0. The van der Waals surface area contributed by atoms with E-state index in [1.165, 1.54) is 55.5 Å². The number of carbonyl (C=O) groups is 3. The first kappa shape index (κ1) is 83.1. The molecule has 0 spiro atoms. The number of hydrogen-bond donors (Lipinski definition) is 3. The SMILES string of the molecule is CN(C/C=C/C(=O)N1CC[C@@H](n2c(C3CC3)c(-c3ccc(Oc4ccccc4)cc3)c3c(N)ncnc32)C1)C1CC1.CN(C/C=C/C(=O)N1CC[C@@H](n2c(C3CC3)c(-c3ccc(Oc4ccccc4)cc3)c3c(N)ncnc32)C1)[C@H]1CCOC1.COc1c(-c2ccc(Oc3cccc(F)c3)cc2)c2c(N)ncnc2n1[C@@H]1CCN(C(=O)/C=C/CN(C)C2CC2)C1. The van der Waals surface area contributed by atoms with E-state index in [0.29, 0.717) is 109 Å². The van der Waals surface area contributed by atoms with Crippen LogP contribution in [0.4, 0.5) is 21.8 Å². The molecule has 6 aromatic heterocycles. The van der Waals surface area contributed by atoms with E-state index in [2.05, 4.69) is 89.2 Å². The third kappa shape index (κ3) is 18.6. The minimum atomic E-state index is -0.364. The van der Waals surface area contributed by atoms with Crippen LogP contribution in [0.2, 0.25) is 0 Å². The van der Waals surface area contributed by atoms with Crippen LogP contribution in [0.15, 0.2) is 213 Å². The van der Waals surface area contributed by atoms with Crippen LogP contribution in [0.5, 0.6) is 40.4 Å². The predicted molar refractivity (Wildman–Crippen MR) is 483 cm³/mol. The Hall–Kier alpha value is -12.8. The fraction of sp³-hybridized carbons (Fsp3) is 0.357. The average molecular weight is 1680 g/mol. The summed E-state index contributed by atoms with van der Waals surface area (Å²) in [7, 11) is 7.93. The van der Waals surface area contributed by atoms with Crippen molar-refractivity contribution in [2.75, 3.05) is 118 Å². The highest BCUT2D eigenvalue weighted by Gasteiger charge is 2.42. The summed E-state index contributed by atoms with van der Waals surface area (Å²) in [6.07, 6.45) is 28.8. The molecule has 6 N–H and O–H groups in total. The van der Waals surface area contributed by atoms with Crippen molar-refractivity contribution >= 4 is 68.3 Å². The third-order valence-electron chi connectivity index (χ3n) is 25.4. The molecule has 4 aliphatic carbocycles. The van der Waals surface area contributed by atoms with Gasteiger partial charge in [0.25, 0.3) is 0 Å². The number of halogens is 1. The summed E-state index contributed by atoms with van der Waals surface area (Å²) in [6.45, 7) is 7.83. The standard InChI is InChI=1S/C34H38N6O3.C33H36N6O2.C31H33FN6O3/c1-38(26-16-19-42-21-26)17-5-8-29(41)39-18-15-25(20-39)40-32(24-9-10-24)30(31-33(35)36-22-37-34(31)40)23-11-13-28(14-12-23)43-27-6-3-2-4-7-27;1-37(24-13-14-24)18-5-8-28(40)38-19-17-25(20-38)39-31(23-9-10-23)29(30-32(34)35-21-36-33(30)39)22-11-15-27(16-12-22)41-26-6-3-2-4-7-26;1-36(22-10-11-22)15-4-7-26(39)37-16-14-23(18-37)38-30-28(29(33)34-19-35-30)27(31(38)40-2)20-8-12-24(13-9-20)41-25-6-3-5-21(32)17-25/h2-8,11-14,22,24-26H,9-10,15-21H2,1H3,(H2,35,36,37);2-8,11-12,15-16,21,23-25H,9-10,13-14,17-20H2,1H3,(H2,34,35,36);3-9,12-13,17,19,22-23H,10-11,14-16,18H2,1-2H3,(H2,33,34,35)/b2*8-5+;7-4+/t25-,26+;25-;23-/m111/s1. The van der Waals surface area contributed by atoms with Gasteiger partial charge in [-0.3, -0.25) is 33.7 Å². The predicted octanol–water partition coefficient (Wildman–Crippen LogP) is 16.2. The van der Waals surface area contributed by atoms with Gasteiger partial charge in [0.1, 0.15) is 93.7 Å². The van der Waals surface area contributed by atoms with E-state index in [9.17, 15) is 18.8 Å². The number of nitrogen functional groups attached to an aromatic ring is 3. The number of hydrogen-bond acceptors (Lipinski definition) is 20. The van der Waals surface area contributed by atoms with E-state index < -0.39 is 0 Å². The second kappa shape index (κ2) is 36.9. The van der Waals surface area contributed by atoms with Crippen molar-refractivity contribution in [3.63, 3.8) is 0 Å². The first-order valence-electron chi connectivity index (χ1n) is 43.8. The van der Waals surface area contributed by atoms with Crippen molar-refractivity contribution in [2.24, 2.45) is 0 Å². The number of likely N-dealkylation sites (tertiary alicyclic amines) is 3. The Balaban J connectivity index is 0.000000127. The lowest BCUT2D eigenvalue weighted by Crippen LogP contribution is -2.32. The molecule has 4 saturated carbocycles. The maximum absolute atomic E-state index is 13.6. The van der Waals surface area contributed by atoms with Gasteiger partial charge in [-0.25, -0.2) is 34.3 Å². The Bertz CT molecular complexity index is 5960. The fourth-order valence-corrected chi connectivity index (χ4v) is 18.2. The summed E-state index contributed by atoms with van der Waals surface area (Å²) in [5.41, 5.74) is 30.4. The Kier molecular flexibility index (Phi) is 24.5. The molecule has 26 nitrogen and oxygen atoms in total. The molecule has 27 heteroatoms. The van der Waals surface area contributed by atoms with Gasteiger partial charge >= 0.3 is 0 Å². The summed E-state index contributed by atoms with van der Waals surface area (Å²) < 4.78 is 49.8. The zero-order valence-electron chi connectivity index (χ0n) is 71.2. The number of nitrogens with two attached hydrogens (primary N) is 3. The number of amides is 3. The quantitative estimate of drug-likeness (QED) is 0.0403. The van der Waals surface area contributed by atoms with E-state index in [0.717, 1.165) is 169 Å². The number of para-hydroxylation sites is 2. The Labute approximate surface area is 726 Å². The molecular weight excluding hydrogens is 1580 g/mol. The van der Waals surface area contributed by atoms with Crippen LogP contribution in [-0.4, -0.2) is 209 Å². The molecule has 0 unspecified atom stereocenters. The highest BCUT2D eigenvalue weighted by Crippen LogP contribution is 2.54. The summed E-state index contributed by atoms with van der Waals surface area (Å²) in [5.74, 6) is 6.73. The third-order valence-corrected chi connectivity index (χ3v) is 25.4. The zero-order chi connectivity index (χ0) is 85.8. The maximum atomic E-state index is 13.6. The van der Waals surface area contributed by atoms with Gasteiger partial charge in [-0.2, -0.15) is 0 Å². The Morgan fingerprint density at radius 2 is 0.784 bits per heavy atom. The number of aromatic nitrogens is 9. The van der Waals surface area contributed by atoms with Crippen molar-refractivity contribution in [1.82, 2.24) is 73.0 Å². The van der Waals surface area contributed by atoms with E-state index in [1.807, 2.05) is 147 Å². The number of rotatable bonds is 27. The van der Waals surface area contributed by atoms with Crippen LogP contribution in [0.3, 0.4) is 0 Å². The number of anilines is 3. The minimum Gasteiger partial charge on any atom is -0.482 e.